The third-order valence-electron chi connectivity index (χ3n) is 5.60. The number of halogens is 1. The minimum absolute atomic E-state index is 0.00244. The van der Waals surface area contributed by atoms with Crippen LogP contribution in [0.1, 0.15) is 68.1 Å². The molecule has 7 heteroatoms. The quantitative estimate of drug-likeness (QED) is 0.600. The van der Waals surface area contributed by atoms with E-state index in [-0.39, 0.29) is 36.4 Å². The number of guanidine groups is 1. The van der Waals surface area contributed by atoms with Gasteiger partial charge in [0.25, 0.3) is 5.91 Å². The van der Waals surface area contributed by atoms with Crippen LogP contribution in [-0.2, 0) is 11.3 Å². The zero-order valence-corrected chi connectivity index (χ0v) is 19.0. The number of nitrogens with one attached hydrogen (secondary N) is 3. The van der Waals surface area contributed by atoms with Crippen molar-refractivity contribution in [1.29, 1.82) is 5.41 Å². The minimum atomic E-state index is -0.561. The zero-order chi connectivity index (χ0) is 23.5. The summed E-state index contributed by atoms with van der Waals surface area (Å²) in [6.45, 7) is 7.97. The number of carbonyl (C=O) groups excluding carboxylic acids is 2. The highest BCUT2D eigenvalue weighted by Gasteiger charge is 2.38. The lowest BCUT2D eigenvalue weighted by atomic mass is 9.86. The Morgan fingerprint density at radius 2 is 1.91 bits per heavy atom. The van der Waals surface area contributed by atoms with Gasteiger partial charge in [0.05, 0.1) is 19.0 Å². The van der Waals surface area contributed by atoms with Crippen LogP contribution in [0.5, 0.6) is 0 Å². The van der Waals surface area contributed by atoms with Gasteiger partial charge in [-0.05, 0) is 55.5 Å². The molecule has 32 heavy (non-hydrogen) atoms. The fraction of sp³-hybridized carbons (Fsp3) is 0.400. The van der Waals surface area contributed by atoms with Crippen LogP contribution < -0.4 is 10.6 Å². The molecule has 1 aliphatic rings. The summed E-state index contributed by atoms with van der Waals surface area (Å²) in [7, 11) is 0. The van der Waals surface area contributed by atoms with E-state index in [0.717, 1.165) is 12.0 Å². The molecule has 0 aromatic heterocycles. The van der Waals surface area contributed by atoms with Crippen molar-refractivity contribution in [2.45, 2.75) is 58.7 Å². The average molecular weight is 439 g/mol. The van der Waals surface area contributed by atoms with E-state index in [4.69, 9.17) is 5.41 Å². The second kappa shape index (κ2) is 9.51. The van der Waals surface area contributed by atoms with E-state index in [9.17, 15) is 14.0 Å². The van der Waals surface area contributed by atoms with Crippen LogP contribution >= 0.6 is 0 Å². The molecule has 0 bridgehead atoms. The van der Waals surface area contributed by atoms with Crippen molar-refractivity contribution in [3.8, 4) is 0 Å². The van der Waals surface area contributed by atoms with Crippen molar-refractivity contribution in [2.75, 3.05) is 0 Å². The molecular formula is C25H31FN4O2. The van der Waals surface area contributed by atoms with Gasteiger partial charge in [-0.25, -0.2) is 4.39 Å². The standard InChI is InChI=1S/C25H31FN4O2/c1-16(2)13-25(4)14-22(31)30(24(27)29-25)15-18-10-20(12-21(26)11-18)23(32)28-17(3)19-8-6-5-7-9-19/h5-12,16-17H,13-15H2,1-4H3,(H2,27,29)(H,28,32)/t17-,25-/m1/s1. The van der Waals surface area contributed by atoms with E-state index < -0.39 is 17.3 Å². The van der Waals surface area contributed by atoms with Gasteiger partial charge in [0.1, 0.15) is 5.82 Å². The summed E-state index contributed by atoms with van der Waals surface area (Å²) >= 11 is 0. The lowest BCUT2D eigenvalue weighted by Crippen LogP contribution is -2.61. The van der Waals surface area contributed by atoms with Crippen molar-refractivity contribution in [1.82, 2.24) is 15.5 Å². The fourth-order valence-corrected chi connectivity index (χ4v) is 4.30. The van der Waals surface area contributed by atoms with Crippen LogP contribution in [0.15, 0.2) is 48.5 Å². The van der Waals surface area contributed by atoms with Gasteiger partial charge < -0.3 is 10.6 Å². The van der Waals surface area contributed by atoms with E-state index in [1.54, 1.807) is 6.07 Å². The van der Waals surface area contributed by atoms with E-state index in [2.05, 4.69) is 24.5 Å². The van der Waals surface area contributed by atoms with Gasteiger partial charge in [-0.2, -0.15) is 0 Å². The molecule has 1 saturated heterocycles. The monoisotopic (exact) mass is 438 g/mol. The van der Waals surface area contributed by atoms with Crippen LogP contribution in [0.2, 0.25) is 0 Å². The summed E-state index contributed by atoms with van der Waals surface area (Å²) in [5.41, 5.74) is 1.10. The number of rotatable bonds is 7. The highest BCUT2D eigenvalue weighted by atomic mass is 19.1. The Morgan fingerprint density at radius 1 is 1.22 bits per heavy atom. The Hall–Kier alpha value is -3.22. The van der Waals surface area contributed by atoms with Crippen molar-refractivity contribution < 1.29 is 14.0 Å². The molecule has 1 aliphatic heterocycles. The van der Waals surface area contributed by atoms with Crippen LogP contribution in [0, 0.1) is 17.1 Å². The van der Waals surface area contributed by atoms with Gasteiger partial charge in [0.2, 0.25) is 5.91 Å². The number of amides is 2. The summed E-state index contributed by atoms with van der Waals surface area (Å²) < 4.78 is 14.3. The number of carbonyl (C=O) groups is 2. The molecule has 170 valence electrons. The smallest absolute Gasteiger partial charge is 0.251 e. The van der Waals surface area contributed by atoms with Crippen LogP contribution in [0.4, 0.5) is 4.39 Å². The van der Waals surface area contributed by atoms with E-state index in [1.807, 2.05) is 44.2 Å². The summed E-state index contributed by atoms with van der Waals surface area (Å²) in [4.78, 5) is 26.8. The van der Waals surface area contributed by atoms with Gasteiger partial charge >= 0.3 is 0 Å². The molecular weight excluding hydrogens is 407 g/mol. The van der Waals surface area contributed by atoms with Crippen molar-refractivity contribution in [3.63, 3.8) is 0 Å². The lowest BCUT2D eigenvalue weighted by molar-refractivity contribution is -0.131. The average Bonchev–Trinajstić information content (AvgIpc) is 2.70. The highest BCUT2D eigenvalue weighted by molar-refractivity contribution is 5.99. The fourth-order valence-electron chi connectivity index (χ4n) is 4.30. The molecule has 0 aliphatic carbocycles. The maximum absolute atomic E-state index is 14.3. The summed E-state index contributed by atoms with van der Waals surface area (Å²) in [6, 6.07) is 13.3. The molecule has 1 fully saturated rings. The summed E-state index contributed by atoms with van der Waals surface area (Å²) in [5, 5.41) is 14.3. The minimum Gasteiger partial charge on any atom is -0.350 e. The Labute approximate surface area is 188 Å². The molecule has 3 N–H and O–H groups in total. The topological polar surface area (TPSA) is 85.3 Å². The number of hydrogen-bond donors (Lipinski definition) is 3. The normalized spacial score (nSPS) is 19.6. The van der Waals surface area contributed by atoms with Gasteiger partial charge in [-0.3, -0.25) is 19.9 Å². The Bertz CT molecular complexity index is 988. The first-order valence-corrected chi connectivity index (χ1v) is 10.9. The van der Waals surface area contributed by atoms with Gasteiger partial charge in [0, 0.05) is 11.1 Å². The molecule has 3 rings (SSSR count). The molecule has 2 aromatic rings. The second-order valence-electron chi connectivity index (χ2n) is 9.24. The Kier molecular flexibility index (Phi) is 6.96. The van der Waals surface area contributed by atoms with Crippen LogP contribution in [-0.4, -0.2) is 28.2 Å². The molecule has 1 heterocycles. The Balaban J connectivity index is 1.73. The molecule has 2 atom stereocenters. The summed E-state index contributed by atoms with van der Waals surface area (Å²) in [5.74, 6) is -0.775. The molecule has 0 saturated carbocycles. The van der Waals surface area contributed by atoms with Crippen molar-refractivity contribution in [2.24, 2.45) is 5.92 Å². The maximum Gasteiger partial charge on any atom is 0.251 e. The largest absolute Gasteiger partial charge is 0.350 e. The first-order valence-electron chi connectivity index (χ1n) is 10.9. The van der Waals surface area contributed by atoms with Crippen LogP contribution in [0.3, 0.4) is 0 Å². The first kappa shape index (κ1) is 23.4. The van der Waals surface area contributed by atoms with Crippen molar-refractivity contribution in [3.05, 3.63) is 71.0 Å². The first-order chi connectivity index (χ1) is 15.1. The Morgan fingerprint density at radius 3 is 2.53 bits per heavy atom. The number of benzene rings is 2. The third kappa shape index (κ3) is 5.72. The van der Waals surface area contributed by atoms with Gasteiger partial charge in [-0.15, -0.1) is 0 Å². The molecule has 6 nitrogen and oxygen atoms in total. The number of nitrogens with zero attached hydrogens (tertiary/aromatic N) is 1. The number of hydrogen-bond acceptors (Lipinski definition) is 3. The lowest BCUT2D eigenvalue weighted by Gasteiger charge is -2.41. The van der Waals surface area contributed by atoms with Gasteiger partial charge in [0.15, 0.2) is 5.96 Å². The predicted octanol–water partition coefficient (Wildman–Crippen LogP) is 4.38. The van der Waals surface area contributed by atoms with E-state index in [0.29, 0.717) is 11.5 Å². The second-order valence-corrected chi connectivity index (χ2v) is 9.24. The van der Waals surface area contributed by atoms with Crippen molar-refractivity contribution >= 4 is 17.8 Å². The highest BCUT2D eigenvalue weighted by Crippen LogP contribution is 2.26. The van der Waals surface area contributed by atoms with E-state index in [1.165, 1.54) is 17.0 Å². The van der Waals surface area contributed by atoms with Gasteiger partial charge in [-0.1, -0.05) is 44.2 Å². The zero-order valence-electron chi connectivity index (χ0n) is 19.0. The molecule has 0 unspecified atom stereocenters. The molecule has 0 spiro atoms. The third-order valence-corrected chi connectivity index (χ3v) is 5.60. The maximum atomic E-state index is 14.3. The molecule has 2 amide bonds. The predicted molar refractivity (Wildman–Crippen MR) is 123 cm³/mol. The summed E-state index contributed by atoms with van der Waals surface area (Å²) in [6.07, 6.45) is 1.02. The molecule has 2 aromatic carbocycles. The molecule has 0 radical (unpaired) electrons. The SMILES string of the molecule is CC(C)C[C@]1(C)CC(=O)N(Cc2cc(F)cc(C(=O)N[C@H](C)c3ccccc3)c2)C(=N)N1. The van der Waals surface area contributed by atoms with E-state index >= 15 is 0 Å². The van der Waals surface area contributed by atoms with Crippen LogP contribution in [0.25, 0.3) is 0 Å².